The molecular weight excluding hydrogens is 202 g/mol. The average Bonchev–Trinajstić information content (AvgIpc) is 2.56. The molecule has 1 heterocycles. The monoisotopic (exact) mass is 217 g/mol. The first kappa shape index (κ1) is 10.7. The lowest BCUT2D eigenvalue weighted by atomic mass is 9.88. The Balaban J connectivity index is 2.24. The maximum Gasteiger partial charge on any atom is 0.321 e. The predicted molar refractivity (Wildman–Crippen MR) is 62.6 cm³/mol. The summed E-state index contributed by atoms with van der Waals surface area (Å²) < 4.78 is 0. The molecule has 1 aromatic carbocycles. The molecule has 1 aliphatic heterocycles. The van der Waals surface area contributed by atoms with Crippen molar-refractivity contribution in [3.05, 3.63) is 35.9 Å². The highest BCUT2D eigenvalue weighted by atomic mass is 16.2. The highest BCUT2D eigenvalue weighted by molar-refractivity contribution is 6.08. The summed E-state index contributed by atoms with van der Waals surface area (Å²) in [7, 11) is 0. The van der Waals surface area contributed by atoms with E-state index in [1.54, 1.807) is 0 Å². The van der Waals surface area contributed by atoms with Crippen molar-refractivity contribution in [2.75, 3.05) is 0 Å². The number of hydrogen-bond donors (Lipinski definition) is 3. The normalized spacial score (nSPS) is 24.1. The number of nitrogens with one attached hydrogen (secondary N) is 3. The average molecular weight is 217 g/mol. The lowest BCUT2D eigenvalue weighted by Crippen LogP contribution is -2.47. The first-order chi connectivity index (χ1) is 7.66. The van der Waals surface area contributed by atoms with E-state index in [2.05, 4.69) is 10.6 Å². The van der Waals surface area contributed by atoms with Crippen molar-refractivity contribution in [3.63, 3.8) is 0 Å². The van der Waals surface area contributed by atoms with E-state index in [1.807, 2.05) is 37.3 Å². The number of benzene rings is 1. The third-order valence-electron chi connectivity index (χ3n) is 3.02. The highest BCUT2D eigenvalue weighted by Gasteiger charge is 2.41. The Morgan fingerprint density at radius 1 is 1.31 bits per heavy atom. The van der Waals surface area contributed by atoms with Crippen molar-refractivity contribution in [2.24, 2.45) is 0 Å². The molecule has 0 aromatic heterocycles. The van der Waals surface area contributed by atoms with Crippen molar-refractivity contribution < 1.29 is 4.79 Å². The molecule has 84 valence electrons. The van der Waals surface area contributed by atoms with Crippen LogP contribution in [0, 0.1) is 5.41 Å². The summed E-state index contributed by atoms with van der Waals surface area (Å²) in [5.74, 6) is 0.267. The number of amides is 2. The summed E-state index contributed by atoms with van der Waals surface area (Å²) in [6.07, 6.45) is 1.36. The van der Waals surface area contributed by atoms with Crippen LogP contribution >= 0.6 is 0 Å². The van der Waals surface area contributed by atoms with Crippen molar-refractivity contribution in [1.82, 2.24) is 10.6 Å². The van der Waals surface area contributed by atoms with E-state index in [0.717, 1.165) is 5.56 Å². The number of carbonyl (C=O) groups is 1. The van der Waals surface area contributed by atoms with Crippen LogP contribution in [0.15, 0.2) is 30.3 Å². The van der Waals surface area contributed by atoms with Crippen molar-refractivity contribution in [2.45, 2.75) is 25.3 Å². The van der Waals surface area contributed by atoms with Crippen molar-refractivity contribution in [1.29, 1.82) is 5.41 Å². The molecule has 1 aromatic rings. The van der Waals surface area contributed by atoms with E-state index < -0.39 is 5.54 Å². The molecule has 1 aliphatic rings. The standard InChI is InChI=1S/C12H15N3O/c1-2-12(10(13)14-11(16)15-12)8-9-6-4-3-5-7-9/h3-7H,2,8H2,1H3,(H3,13,14,15,16). The van der Waals surface area contributed by atoms with Gasteiger partial charge in [0.15, 0.2) is 0 Å². The quantitative estimate of drug-likeness (QED) is 0.708. The summed E-state index contributed by atoms with van der Waals surface area (Å²) in [4.78, 5) is 11.3. The van der Waals surface area contributed by atoms with E-state index in [-0.39, 0.29) is 11.9 Å². The SMILES string of the molecule is CCC1(Cc2ccccc2)NC(=O)NC1=N. The molecule has 1 unspecified atom stereocenters. The van der Waals surface area contributed by atoms with E-state index in [4.69, 9.17) is 5.41 Å². The van der Waals surface area contributed by atoms with Crippen LogP contribution in [0.3, 0.4) is 0 Å². The zero-order valence-electron chi connectivity index (χ0n) is 9.21. The predicted octanol–water partition coefficient (Wildman–Crippen LogP) is 1.67. The molecule has 1 saturated heterocycles. The minimum atomic E-state index is -0.557. The lowest BCUT2D eigenvalue weighted by molar-refractivity contribution is 0.244. The topological polar surface area (TPSA) is 65.0 Å². The Morgan fingerprint density at radius 3 is 2.50 bits per heavy atom. The molecule has 4 heteroatoms. The fourth-order valence-electron chi connectivity index (χ4n) is 2.01. The van der Waals surface area contributed by atoms with Gasteiger partial charge in [-0.1, -0.05) is 37.3 Å². The van der Waals surface area contributed by atoms with Gasteiger partial charge in [0.1, 0.15) is 11.4 Å². The smallest absolute Gasteiger partial charge is 0.321 e. The van der Waals surface area contributed by atoms with Gasteiger partial charge in [0.25, 0.3) is 0 Å². The van der Waals surface area contributed by atoms with Gasteiger partial charge in [0.2, 0.25) is 0 Å². The second-order valence-electron chi connectivity index (χ2n) is 4.05. The first-order valence-electron chi connectivity index (χ1n) is 5.38. The fourth-order valence-corrected chi connectivity index (χ4v) is 2.01. The van der Waals surface area contributed by atoms with Crippen molar-refractivity contribution in [3.8, 4) is 0 Å². The molecule has 0 bridgehead atoms. The Bertz CT molecular complexity index is 416. The Labute approximate surface area is 94.6 Å². The molecule has 0 spiro atoms. The van der Waals surface area contributed by atoms with Gasteiger partial charge in [0.05, 0.1) is 0 Å². The summed E-state index contributed by atoms with van der Waals surface area (Å²) in [6.45, 7) is 1.98. The first-order valence-corrected chi connectivity index (χ1v) is 5.38. The third kappa shape index (κ3) is 1.78. The maximum absolute atomic E-state index is 11.3. The molecule has 0 aliphatic carbocycles. The molecule has 1 fully saturated rings. The largest absolute Gasteiger partial charge is 0.325 e. The van der Waals surface area contributed by atoms with Gasteiger partial charge < -0.3 is 5.32 Å². The van der Waals surface area contributed by atoms with Gasteiger partial charge >= 0.3 is 6.03 Å². The van der Waals surface area contributed by atoms with E-state index in [1.165, 1.54) is 0 Å². The number of rotatable bonds is 3. The molecule has 0 saturated carbocycles. The van der Waals surface area contributed by atoms with Gasteiger partial charge in [-0.2, -0.15) is 0 Å². The molecule has 4 nitrogen and oxygen atoms in total. The Kier molecular flexibility index (Phi) is 2.64. The van der Waals surface area contributed by atoms with Gasteiger partial charge in [-0.15, -0.1) is 0 Å². The van der Waals surface area contributed by atoms with Crippen LogP contribution in [0.5, 0.6) is 0 Å². The zero-order chi connectivity index (χ0) is 11.6. The second kappa shape index (κ2) is 3.96. The van der Waals surface area contributed by atoms with Crippen LogP contribution < -0.4 is 10.6 Å². The van der Waals surface area contributed by atoms with Crippen LogP contribution in [-0.4, -0.2) is 17.4 Å². The maximum atomic E-state index is 11.3. The lowest BCUT2D eigenvalue weighted by Gasteiger charge is -2.26. The molecular formula is C12H15N3O. The van der Waals surface area contributed by atoms with Gasteiger partial charge in [-0.05, 0) is 12.0 Å². The highest BCUT2D eigenvalue weighted by Crippen LogP contribution is 2.21. The van der Waals surface area contributed by atoms with Crippen LogP contribution in [0.25, 0.3) is 0 Å². The second-order valence-corrected chi connectivity index (χ2v) is 4.05. The number of urea groups is 1. The number of carbonyl (C=O) groups excluding carboxylic acids is 1. The number of hydrogen-bond acceptors (Lipinski definition) is 2. The van der Waals surface area contributed by atoms with Crippen LogP contribution in [0.2, 0.25) is 0 Å². The van der Waals surface area contributed by atoms with E-state index in [0.29, 0.717) is 12.8 Å². The van der Waals surface area contributed by atoms with Gasteiger partial charge in [0, 0.05) is 6.42 Å². The Morgan fingerprint density at radius 2 is 2.00 bits per heavy atom. The summed E-state index contributed by atoms with van der Waals surface area (Å²) in [6, 6.07) is 9.63. The molecule has 3 N–H and O–H groups in total. The third-order valence-corrected chi connectivity index (χ3v) is 3.02. The van der Waals surface area contributed by atoms with Crippen LogP contribution in [0.1, 0.15) is 18.9 Å². The van der Waals surface area contributed by atoms with E-state index >= 15 is 0 Å². The molecule has 2 amide bonds. The molecule has 2 rings (SSSR count). The summed E-state index contributed by atoms with van der Waals surface area (Å²) in [5.41, 5.74) is 0.566. The van der Waals surface area contributed by atoms with E-state index in [9.17, 15) is 4.79 Å². The Hall–Kier alpha value is -1.84. The van der Waals surface area contributed by atoms with Crippen LogP contribution in [-0.2, 0) is 6.42 Å². The van der Waals surface area contributed by atoms with Gasteiger partial charge in [-0.3, -0.25) is 10.7 Å². The van der Waals surface area contributed by atoms with Crippen molar-refractivity contribution >= 4 is 11.9 Å². The van der Waals surface area contributed by atoms with Gasteiger partial charge in [-0.25, -0.2) is 4.79 Å². The minimum Gasteiger partial charge on any atom is -0.325 e. The summed E-state index contributed by atoms with van der Waals surface area (Å²) in [5, 5.41) is 13.2. The molecule has 1 atom stereocenters. The number of amidine groups is 1. The minimum absolute atomic E-state index is 0.267. The zero-order valence-corrected chi connectivity index (χ0v) is 9.21. The van der Waals surface area contributed by atoms with Crippen LogP contribution in [0.4, 0.5) is 4.79 Å². The summed E-state index contributed by atoms with van der Waals surface area (Å²) >= 11 is 0. The molecule has 0 radical (unpaired) electrons. The fraction of sp³-hybridized carbons (Fsp3) is 0.333. The molecule has 16 heavy (non-hydrogen) atoms.